The Labute approximate surface area is 190 Å². The van der Waals surface area contributed by atoms with Crippen LogP contribution < -0.4 is 4.90 Å². The maximum absolute atomic E-state index is 13.5. The number of para-hydroxylation sites is 1. The number of carboxylic acids is 1. The number of anilines is 1. The summed E-state index contributed by atoms with van der Waals surface area (Å²) in [6.07, 6.45) is -10.5. The molecule has 2 aromatic carbocycles. The van der Waals surface area contributed by atoms with Crippen LogP contribution in [-0.2, 0) is 28.5 Å². The lowest BCUT2D eigenvalue weighted by atomic mass is 10.1. The number of carboxylic acid groups (broad SMARTS) is 1. The van der Waals surface area contributed by atoms with Crippen molar-refractivity contribution in [3.05, 3.63) is 52.5 Å². The van der Waals surface area contributed by atoms with Crippen LogP contribution in [-0.4, -0.2) is 27.2 Å². The van der Waals surface area contributed by atoms with Gasteiger partial charge in [0.2, 0.25) is 5.91 Å². The fraction of sp³-hybridized carbons (Fsp3) is 0.250. The molecule has 0 saturated heterocycles. The molecule has 1 atom stereocenters. The van der Waals surface area contributed by atoms with E-state index >= 15 is 0 Å². The summed E-state index contributed by atoms with van der Waals surface area (Å²) in [4.78, 5) is 29.8. The van der Waals surface area contributed by atoms with Crippen LogP contribution in [0.3, 0.4) is 0 Å². The minimum atomic E-state index is -5.07. The summed E-state index contributed by atoms with van der Waals surface area (Å²) in [5.41, 5.74) is -3.18. The Kier molecular flexibility index (Phi) is 5.81. The normalized spacial score (nSPS) is 16.8. The number of hydrogen-bond acceptors (Lipinski definition) is 5. The van der Waals surface area contributed by atoms with Gasteiger partial charge in [-0.2, -0.15) is 26.3 Å². The number of amides is 1. The first kappa shape index (κ1) is 23.4. The van der Waals surface area contributed by atoms with Crippen LogP contribution in [0.2, 0.25) is 0 Å². The summed E-state index contributed by atoms with van der Waals surface area (Å²) < 4.78 is 79.5. The number of nitrogens with zero attached hydrogens (tertiary/aromatic N) is 2. The van der Waals surface area contributed by atoms with Gasteiger partial charge >= 0.3 is 18.3 Å². The molecule has 0 aliphatic carbocycles. The molecule has 1 aromatic heterocycles. The fourth-order valence-electron chi connectivity index (χ4n) is 3.38. The predicted octanol–water partition coefficient (Wildman–Crippen LogP) is 5.82. The van der Waals surface area contributed by atoms with Gasteiger partial charge in [0.25, 0.3) is 0 Å². The molecule has 0 radical (unpaired) electrons. The number of halogens is 6. The summed E-state index contributed by atoms with van der Waals surface area (Å²) in [6, 6.07) is 7.20. The van der Waals surface area contributed by atoms with E-state index in [1.54, 1.807) is 24.3 Å². The van der Waals surface area contributed by atoms with Crippen molar-refractivity contribution in [1.82, 2.24) is 4.98 Å². The summed E-state index contributed by atoms with van der Waals surface area (Å²) >= 11 is 1.68. The van der Waals surface area contributed by atoms with E-state index in [9.17, 15) is 35.9 Å². The van der Waals surface area contributed by atoms with Crippen molar-refractivity contribution < 1.29 is 41.0 Å². The van der Waals surface area contributed by atoms with E-state index in [-0.39, 0.29) is 22.3 Å². The van der Waals surface area contributed by atoms with E-state index < -0.39 is 52.5 Å². The molecule has 0 saturated carbocycles. The van der Waals surface area contributed by atoms with E-state index in [1.165, 1.54) is 4.90 Å². The maximum atomic E-state index is 13.5. The summed E-state index contributed by atoms with van der Waals surface area (Å²) in [5.74, 6) is -1.78. The predicted molar refractivity (Wildman–Crippen MR) is 109 cm³/mol. The van der Waals surface area contributed by atoms with E-state index in [2.05, 4.69) is 4.98 Å². The Bertz CT molecular complexity index is 1250. The lowest BCUT2D eigenvalue weighted by molar-refractivity contribution is -0.142. The second-order valence-electron chi connectivity index (χ2n) is 7.07. The molecule has 13 heteroatoms. The topological polar surface area (TPSA) is 70.5 Å². The largest absolute Gasteiger partial charge is 0.481 e. The Morgan fingerprint density at radius 3 is 2.42 bits per heavy atom. The summed E-state index contributed by atoms with van der Waals surface area (Å²) in [6.45, 7) is -0.315. The number of rotatable bonds is 4. The quantitative estimate of drug-likeness (QED) is 0.452. The van der Waals surface area contributed by atoms with Crippen molar-refractivity contribution >= 4 is 50.9 Å². The zero-order valence-corrected chi connectivity index (χ0v) is 17.8. The molecule has 4 rings (SSSR count). The maximum Gasteiger partial charge on any atom is 0.418 e. The first-order valence-electron chi connectivity index (χ1n) is 9.21. The highest BCUT2D eigenvalue weighted by Crippen LogP contribution is 2.43. The molecule has 1 unspecified atom stereocenters. The first-order chi connectivity index (χ1) is 15.3. The van der Waals surface area contributed by atoms with E-state index in [4.69, 9.17) is 5.11 Å². The minimum Gasteiger partial charge on any atom is -0.481 e. The summed E-state index contributed by atoms with van der Waals surface area (Å²) in [5, 5.41) is 8.13. The average Bonchev–Trinajstić information content (AvgIpc) is 3.11. The van der Waals surface area contributed by atoms with Crippen LogP contribution in [0.4, 0.5) is 32.0 Å². The highest BCUT2D eigenvalue weighted by molar-refractivity contribution is 8.01. The highest BCUT2D eigenvalue weighted by Gasteiger charge is 2.40. The molecule has 0 bridgehead atoms. The fourth-order valence-corrected chi connectivity index (χ4v) is 5.62. The van der Waals surface area contributed by atoms with Gasteiger partial charge in [-0.15, -0.1) is 23.1 Å². The molecule has 5 nitrogen and oxygen atoms in total. The number of aromatic nitrogens is 1. The molecule has 1 aliphatic heterocycles. The number of carbonyl (C=O) groups excluding carboxylic acids is 1. The van der Waals surface area contributed by atoms with E-state index in [1.807, 2.05) is 0 Å². The number of alkyl halides is 6. The van der Waals surface area contributed by atoms with Gasteiger partial charge in [-0.25, -0.2) is 4.98 Å². The smallest absolute Gasteiger partial charge is 0.418 e. The van der Waals surface area contributed by atoms with Crippen molar-refractivity contribution in [2.45, 2.75) is 35.5 Å². The number of aliphatic carboxylic acids is 1. The molecular formula is C20H12F6N2O3S2. The standard InChI is InChI=1S/C20H12F6N2O3S2/c21-19(22,23)9-5-10(20(24,25)26)17-13(6-9)33-15(27-17)8-28-11-3-1-2-4-12(11)32-14(18(28)31)7-16(29)30/h1-6,14H,7-8H2,(H,29,30). The number of thioether (sulfide) groups is 1. The molecular weight excluding hydrogens is 494 g/mol. The van der Waals surface area contributed by atoms with Crippen LogP contribution in [0.1, 0.15) is 22.6 Å². The van der Waals surface area contributed by atoms with Gasteiger partial charge in [0.1, 0.15) is 5.01 Å². The Balaban J connectivity index is 1.78. The van der Waals surface area contributed by atoms with Gasteiger partial charge in [-0.3, -0.25) is 9.59 Å². The molecule has 33 heavy (non-hydrogen) atoms. The van der Waals surface area contributed by atoms with Crippen LogP contribution >= 0.6 is 23.1 Å². The molecule has 1 N–H and O–H groups in total. The third-order valence-corrected chi connectivity index (χ3v) is 7.03. The van der Waals surface area contributed by atoms with Crippen molar-refractivity contribution in [3.8, 4) is 0 Å². The average molecular weight is 506 g/mol. The van der Waals surface area contributed by atoms with E-state index in [0.29, 0.717) is 28.0 Å². The lowest BCUT2D eigenvalue weighted by Crippen LogP contribution is -2.41. The van der Waals surface area contributed by atoms with Crippen LogP contribution in [0.15, 0.2) is 41.3 Å². The van der Waals surface area contributed by atoms with Gasteiger partial charge < -0.3 is 10.0 Å². The second kappa shape index (κ2) is 8.20. The number of benzene rings is 2. The number of thiazole rings is 1. The van der Waals surface area contributed by atoms with Crippen molar-refractivity contribution in [2.24, 2.45) is 0 Å². The third-order valence-electron chi connectivity index (χ3n) is 4.79. The van der Waals surface area contributed by atoms with Gasteiger partial charge in [0.05, 0.1) is 45.2 Å². The van der Waals surface area contributed by atoms with Gasteiger partial charge in [0, 0.05) is 4.90 Å². The van der Waals surface area contributed by atoms with Crippen LogP contribution in [0.5, 0.6) is 0 Å². The molecule has 2 heterocycles. The molecule has 0 fully saturated rings. The summed E-state index contributed by atoms with van der Waals surface area (Å²) in [7, 11) is 0. The van der Waals surface area contributed by atoms with Crippen LogP contribution in [0, 0.1) is 0 Å². The van der Waals surface area contributed by atoms with Gasteiger partial charge in [0.15, 0.2) is 0 Å². The zero-order valence-electron chi connectivity index (χ0n) is 16.2. The number of hydrogen-bond donors (Lipinski definition) is 1. The van der Waals surface area contributed by atoms with Crippen molar-refractivity contribution in [2.75, 3.05) is 4.90 Å². The van der Waals surface area contributed by atoms with Crippen molar-refractivity contribution in [1.29, 1.82) is 0 Å². The number of fused-ring (bicyclic) bond motifs is 2. The minimum absolute atomic E-state index is 0.0149. The zero-order chi connectivity index (χ0) is 24.1. The highest BCUT2D eigenvalue weighted by atomic mass is 32.2. The Morgan fingerprint density at radius 2 is 1.79 bits per heavy atom. The SMILES string of the molecule is O=C(O)CC1Sc2ccccc2N(Cc2nc3c(C(F)(F)F)cc(C(F)(F)F)cc3s2)C1=O. The molecule has 1 amide bonds. The third kappa shape index (κ3) is 4.64. The molecule has 3 aromatic rings. The van der Waals surface area contributed by atoms with Crippen LogP contribution in [0.25, 0.3) is 10.2 Å². The van der Waals surface area contributed by atoms with Gasteiger partial charge in [-0.1, -0.05) is 12.1 Å². The first-order valence-corrected chi connectivity index (χ1v) is 10.9. The second-order valence-corrected chi connectivity index (χ2v) is 9.43. The van der Waals surface area contributed by atoms with Crippen molar-refractivity contribution in [3.63, 3.8) is 0 Å². The molecule has 0 spiro atoms. The lowest BCUT2D eigenvalue weighted by Gasteiger charge is -2.32. The Morgan fingerprint density at radius 1 is 1.09 bits per heavy atom. The number of carbonyl (C=O) groups is 2. The Hall–Kier alpha value is -2.80. The molecule has 1 aliphatic rings. The molecule has 174 valence electrons. The van der Waals surface area contributed by atoms with E-state index in [0.717, 1.165) is 11.8 Å². The monoisotopic (exact) mass is 506 g/mol. The van der Waals surface area contributed by atoms with Gasteiger partial charge in [-0.05, 0) is 24.3 Å².